The summed E-state index contributed by atoms with van der Waals surface area (Å²) in [7, 11) is 0. The van der Waals surface area contributed by atoms with Gasteiger partial charge in [-0.15, -0.1) is 0 Å². The molecule has 0 atom stereocenters. The normalized spacial score (nSPS) is 23.4. The van der Waals surface area contributed by atoms with Crippen LogP contribution in [0.15, 0.2) is 0 Å². The predicted octanol–water partition coefficient (Wildman–Crippen LogP) is 2.64. The van der Waals surface area contributed by atoms with Gasteiger partial charge in [-0.05, 0) is 25.7 Å². The number of aliphatic hydroxyl groups excluding tert-OH is 1. The van der Waals surface area contributed by atoms with Gasteiger partial charge in [-0.2, -0.15) is 0 Å². The molecular weight excluding hydrogens is 254 g/mol. The second-order valence-corrected chi connectivity index (χ2v) is 6.50. The van der Waals surface area contributed by atoms with Crippen LogP contribution < -0.4 is 0 Å². The van der Waals surface area contributed by atoms with Crippen molar-refractivity contribution in [1.29, 1.82) is 0 Å². The lowest BCUT2D eigenvalue weighted by Gasteiger charge is -2.39. The first-order valence-corrected chi connectivity index (χ1v) is 8.03. The van der Waals surface area contributed by atoms with E-state index in [0.717, 1.165) is 38.5 Å². The van der Waals surface area contributed by atoms with Gasteiger partial charge in [-0.1, -0.05) is 39.5 Å². The van der Waals surface area contributed by atoms with Crippen LogP contribution in [-0.2, 0) is 9.59 Å². The maximum Gasteiger partial charge on any atom is 0.236 e. The third-order valence-corrected chi connectivity index (χ3v) is 5.54. The summed E-state index contributed by atoms with van der Waals surface area (Å²) in [5.74, 6) is -0.0863. The number of aliphatic hydroxyl groups is 1. The molecule has 4 heteroatoms. The van der Waals surface area contributed by atoms with Crippen LogP contribution in [0.5, 0.6) is 0 Å². The Morgan fingerprint density at radius 2 is 1.65 bits per heavy atom. The second kappa shape index (κ2) is 5.84. The van der Waals surface area contributed by atoms with E-state index in [1.807, 2.05) is 13.8 Å². The molecule has 2 rings (SSSR count). The molecule has 0 aromatic rings. The van der Waals surface area contributed by atoms with Gasteiger partial charge in [0.05, 0.1) is 17.6 Å². The Morgan fingerprint density at radius 1 is 1.10 bits per heavy atom. The molecule has 0 aromatic carbocycles. The number of carbonyl (C=O) groups is 2. The van der Waals surface area contributed by atoms with Crippen molar-refractivity contribution in [1.82, 2.24) is 4.90 Å². The highest BCUT2D eigenvalue weighted by Crippen LogP contribution is 2.47. The highest BCUT2D eigenvalue weighted by atomic mass is 16.3. The summed E-state index contributed by atoms with van der Waals surface area (Å²) in [5, 5.41) is 9.77. The SMILES string of the molecule is CCC(CC)(CO)N1C(=O)CC2(CCCCCC2)C1=O. The molecule has 2 aliphatic rings. The average Bonchev–Trinajstić information content (AvgIpc) is 2.64. The van der Waals surface area contributed by atoms with Crippen LogP contribution in [0.4, 0.5) is 0 Å². The first kappa shape index (κ1) is 15.5. The molecule has 1 aliphatic heterocycles. The van der Waals surface area contributed by atoms with Gasteiger partial charge in [0.1, 0.15) is 0 Å². The van der Waals surface area contributed by atoms with E-state index in [1.165, 1.54) is 4.90 Å². The van der Waals surface area contributed by atoms with Crippen LogP contribution >= 0.6 is 0 Å². The van der Waals surface area contributed by atoms with Gasteiger partial charge < -0.3 is 5.11 Å². The van der Waals surface area contributed by atoms with Gasteiger partial charge in [-0.25, -0.2) is 0 Å². The summed E-state index contributed by atoms with van der Waals surface area (Å²) in [5.41, 5.74) is -1.15. The number of rotatable bonds is 4. The number of carbonyl (C=O) groups excluding carboxylic acids is 2. The average molecular weight is 281 g/mol. The van der Waals surface area contributed by atoms with Crippen LogP contribution in [0.2, 0.25) is 0 Å². The van der Waals surface area contributed by atoms with Crippen LogP contribution in [0.25, 0.3) is 0 Å². The Bertz CT molecular complexity index is 371. The topological polar surface area (TPSA) is 57.6 Å². The Morgan fingerprint density at radius 3 is 2.10 bits per heavy atom. The molecule has 4 nitrogen and oxygen atoms in total. The van der Waals surface area contributed by atoms with E-state index in [-0.39, 0.29) is 18.4 Å². The summed E-state index contributed by atoms with van der Waals surface area (Å²) in [6.45, 7) is 3.75. The zero-order valence-electron chi connectivity index (χ0n) is 12.8. The number of nitrogens with zero attached hydrogens (tertiary/aromatic N) is 1. The molecule has 0 aromatic heterocycles. The fraction of sp³-hybridized carbons (Fsp3) is 0.875. The lowest BCUT2D eigenvalue weighted by Crippen LogP contribution is -2.54. The molecule has 0 bridgehead atoms. The largest absolute Gasteiger partial charge is 0.394 e. The Kier molecular flexibility index (Phi) is 4.52. The fourth-order valence-corrected chi connectivity index (χ4v) is 3.93. The minimum atomic E-state index is -0.691. The summed E-state index contributed by atoms with van der Waals surface area (Å²) in [4.78, 5) is 26.9. The van der Waals surface area contributed by atoms with Gasteiger partial charge in [0, 0.05) is 6.42 Å². The summed E-state index contributed by atoms with van der Waals surface area (Å²) >= 11 is 0. The van der Waals surface area contributed by atoms with Crippen molar-refractivity contribution in [3.05, 3.63) is 0 Å². The van der Waals surface area contributed by atoms with E-state index < -0.39 is 11.0 Å². The maximum absolute atomic E-state index is 13.0. The molecule has 1 N–H and O–H groups in total. The van der Waals surface area contributed by atoms with E-state index in [4.69, 9.17) is 0 Å². The van der Waals surface area contributed by atoms with Gasteiger partial charge in [-0.3, -0.25) is 14.5 Å². The molecular formula is C16H27NO3. The lowest BCUT2D eigenvalue weighted by atomic mass is 9.78. The standard InChI is InChI=1S/C16H27NO3/c1-3-16(4-2,12-18)17-13(19)11-15(14(17)20)9-7-5-6-8-10-15/h18H,3-12H2,1-2H3. The van der Waals surface area contributed by atoms with Crippen molar-refractivity contribution in [3.8, 4) is 0 Å². The number of hydrogen-bond acceptors (Lipinski definition) is 3. The highest BCUT2D eigenvalue weighted by Gasteiger charge is 2.56. The maximum atomic E-state index is 13.0. The summed E-state index contributed by atoms with van der Waals surface area (Å²) in [6, 6.07) is 0. The number of amides is 2. The molecule has 1 saturated carbocycles. The van der Waals surface area contributed by atoms with Gasteiger partial charge >= 0.3 is 0 Å². The minimum Gasteiger partial charge on any atom is -0.394 e. The van der Waals surface area contributed by atoms with E-state index in [0.29, 0.717) is 19.3 Å². The minimum absolute atomic E-state index is 0.0119. The summed E-state index contributed by atoms with van der Waals surface area (Å²) < 4.78 is 0. The molecule has 1 saturated heterocycles. The van der Waals surface area contributed by atoms with E-state index >= 15 is 0 Å². The van der Waals surface area contributed by atoms with Crippen molar-refractivity contribution in [2.75, 3.05) is 6.61 Å². The first-order chi connectivity index (χ1) is 9.55. The van der Waals surface area contributed by atoms with E-state index in [2.05, 4.69) is 0 Å². The molecule has 0 unspecified atom stereocenters. The Balaban J connectivity index is 2.32. The quantitative estimate of drug-likeness (QED) is 0.806. The van der Waals surface area contributed by atoms with Crippen LogP contribution in [0.1, 0.15) is 71.6 Å². The molecule has 1 heterocycles. The molecule has 2 amide bonds. The fourth-order valence-electron chi connectivity index (χ4n) is 3.93. The molecule has 20 heavy (non-hydrogen) atoms. The number of hydrogen-bond donors (Lipinski definition) is 1. The van der Waals surface area contributed by atoms with Crippen molar-refractivity contribution in [2.24, 2.45) is 5.41 Å². The Hall–Kier alpha value is -0.900. The zero-order chi connectivity index (χ0) is 14.8. The van der Waals surface area contributed by atoms with Gasteiger partial charge in [0.25, 0.3) is 0 Å². The van der Waals surface area contributed by atoms with Crippen molar-refractivity contribution in [3.63, 3.8) is 0 Å². The zero-order valence-corrected chi connectivity index (χ0v) is 12.8. The van der Waals surface area contributed by atoms with Crippen LogP contribution in [0.3, 0.4) is 0 Å². The number of imide groups is 1. The third-order valence-electron chi connectivity index (χ3n) is 5.54. The first-order valence-electron chi connectivity index (χ1n) is 8.03. The molecule has 114 valence electrons. The monoisotopic (exact) mass is 281 g/mol. The third kappa shape index (κ3) is 2.28. The lowest BCUT2D eigenvalue weighted by molar-refractivity contribution is -0.151. The van der Waals surface area contributed by atoms with Gasteiger partial charge in [0.15, 0.2) is 0 Å². The summed E-state index contributed by atoms with van der Waals surface area (Å²) in [6.07, 6.45) is 7.67. The number of likely N-dealkylation sites (tertiary alicyclic amines) is 1. The molecule has 0 radical (unpaired) electrons. The predicted molar refractivity (Wildman–Crippen MR) is 77.0 cm³/mol. The van der Waals surface area contributed by atoms with Crippen molar-refractivity contribution < 1.29 is 14.7 Å². The van der Waals surface area contributed by atoms with Crippen LogP contribution in [-0.4, -0.2) is 34.0 Å². The molecule has 2 fully saturated rings. The smallest absolute Gasteiger partial charge is 0.236 e. The van der Waals surface area contributed by atoms with Crippen LogP contribution in [0, 0.1) is 5.41 Å². The van der Waals surface area contributed by atoms with Gasteiger partial charge in [0.2, 0.25) is 11.8 Å². The van der Waals surface area contributed by atoms with E-state index in [9.17, 15) is 14.7 Å². The Labute approximate surface area is 121 Å². The highest BCUT2D eigenvalue weighted by molar-refractivity contribution is 6.06. The molecule has 1 spiro atoms. The molecule has 1 aliphatic carbocycles. The van der Waals surface area contributed by atoms with Crippen molar-refractivity contribution >= 4 is 11.8 Å². The second-order valence-electron chi connectivity index (χ2n) is 6.50. The van der Waals surface area contributed by atoms with E-state index in [1.54, 1.807) is 0 Å². The van der Waals surface area contributed by atoms with Crippen molar-refractivity contribution in [2.45, 2.75) is 77.2 Å².